The van der Waals surface area contributed by atoms with Gasteiger partial charge in [-0.3, -0.25) is 4.79 Å². The lowest BCUT2D eigenvalue weighted by Gasteiger charge is -2.07. The highest BCUT2D eigenvalue weighted by atomic mass is 16.5. The lowest BCUT2D eigenvalue weighted by Crippen LogP contribution is -2.15. The number of benzene rings is 4. The van der Waals surface area contributed by atoms with Crippen LogP contribution in [0.4, 0.5) is 0 Å². The maximum atomic E-state index is 13.0. The van der Waals surface area contributed by atoms with E-state index in [-0.39, 0.29) is 17.5 Å². The van der Waals surface area contributed by atoms with Crippen LogP contribution in [0.1, 0.15) is 37.4 Å². The number of esters is 1. The molecule has 0 fully saturated rings. The first-order chi connectivity index (χ1) is 17.6. The number of carbonyl (C=O) groups excluding carboxylic acids is 2. The van der Waals surface area contributed by atoms with Crippen LogP contribution in [-0.2, 0) is 11.3 Å². The van der Waals surface area contributed by atoms with Crippen molar-refractivity contribution in [2.75, 3.05) is 7.11 Å². The first kappa shape index (κ1) is 24.3. The molecule has 4 aromatic rings. The first-order valence-corrected chi connectivity index (χ1v) is 11.3. The van der Waals surface area contributed by atoms with E-state index in [2.05, 4.69) is 10.2 Å². The summed E-state index contributed by atoms with van der Waals surface area (Å²) < 4.78 is 10.5. The van der Waals surface area contributed by atoms with E-state index in [0.717, 1.165) is 11.1 Å². The molecule has 0 bridgehead atoms. The van der Waals surface area contributed by atoms with Crippen molar-refractivity contribution in [3.63, 3.8) is 0 Å². The predicted octanol–water partition coefficient (Wildman–Crippen LogP) is 5.76. The van der Waals surface area contributed by atoms with Crippen LogP contribution in [0.3, 0.4) is 0 Å². The van der Waals surface area contributed by atoms with Crippen LogP contribution in [0.25, 0.3) is 0 Å². The van der Waals surface area contributed by atoms with Gasteiger partial charge in [0, 0.05) is 11.1 Å². The van der Waals surface area contributed by atoms with Gasteiger partial charge in [0.15, 0.2) is 0 Å². The SMILES string of the molecule is COC(=O)c1ccc(COc2ccc(/C=N/N=C(/C(=O)c3ccccc3)c3ccccc3)cc2)cc1. The Bertz CT molecular complexity index is 1360. The number of ether oxygens (including phenoxy) is 2. The van der Waals surface area contributed by atoms with E-state index >= 15 is 0 Å². The van der Waals surface area contributed by atoms with Crippen LogP contribution in [0.5, 0.6) is 5.75 Å². The second-order valence-corrected chi connectivity index (χ2v) is 7.80. The number of methoxy groups -OCH3 is 1. The summed E-state index contributed by atoms with van der Waals surface area (Å²) in [6.07, 6.45) is 1.59. The smallest absolute Gasteiger partial charge is 0.337 e. The normalized spacial score (nSPS) is 11.3. The van der Waals surface area contributed by atoms with Gasteiger partial charge >= 0.3 is 5.97 Å². The fraction of sp³-hybridized carbons (Fsp3) is 0.0667. The van der Waals surface area contributed by atoms with Crippen molar-refractivity contribution in [1.29, 1.82) is 0 Å². The number of carbonyl (C=O) groups is 2. The van der Waals surface area contributed by atoms with E-state index < -0.39 is 0 Å². The van der Waals surface area contributed by atoms with Crippen molar-refractivity contribution in [3.8, 4) is 5.75 Å². The van der Waals surface area contributed by atoms with E-state index in [1.165, 1.54) is 7.11 Å². The van der Waals surface area contributed by atoms with Crippen molar-refractivity contribution < 1.29 is 19.1 Å². The number of hydrogen-bond donors (Lipinski definition) is 0. The van der Waals surface area contributed by atoms with Crippen molar-refractivity contribution in [2.45, 2.75) is 6.61 Å². The zero-order valence-corrected chi connectivity index (χ0v) is 19.7. The Balaban J connectivity index is 1.42. The number of hydrogen-bond acceptors (Lipinski definition) is 6. The third kappa shape index (κ3) is 6.39. The minimum Gasteiger partial charge on any atom is -0.489 e. The van der Waals surface area contributed by atoms with E-state index in [1.807, 2.05) is 84.9 Å². The Kier molecular flexibility index (Phi) is 8.12. The summed E-state index contributed by atoms with van der Waals surface area (Å²) in [5.74, 6) is 0.128. The molecule has 0 unspecified atom stereocenters. The molecular formula is C30H24N2O4. The highest BCUT2D eigenvalue weighted by Crippen LogP contribution is 2.15. The number of Topliss-reactive ketones (excluding diaryl/α,β-unsaturated/α-hetero) is 1. The molecule has 0 atom stereocenters. The summed E-state index contributed by atoms with van der Waals surface area (Å²) in [6.45, 7) is 0.362. The molecule has 6 heteroatoms. The molecule has 0 N–H and O–H groups in total. The third-order valence-electron chi connectivity index (χ3n) is 5.32. The zero-order valence-electron chi connectivity index (χ0n) is 19.7. The molecule has 36 heavy (non-hydrogen) atoms. The molecule has 0 saturated carbocycles. The van der Waals surface area contributed by atoms with Crippen LogP contribution in [0.2, 0.25) is 0 Å². The fourth-order valence-electron chi connectivity index (χ4n) is 3.38. The summed E-state index contributed by atoms with van der Waals surface area (Å²) in [6, 6.07) is 32.8. The average Bonchev–Trinajstić information content (AvgIpc) is 2.95. The molecule has 0 aliphatic carbocycles. The summed E-state index contributed by atoms with van der Waals surface area (Å²) in [5.41, 5.74) is 3.76. The predicted molar refractivity (Wildman–Crippen MR) is 140 cm³/mol. The molecule has 0 aliphatic rings. The molecule has 178 valence electrons. The summed E-state index contributed by atoms with van der Waals surface area (Å²) >= 11 is 0. The van der Waals surface area contributed by atoms with Gasteiger partial charge in [-0.1, -0.05) is 72.8 Å². The highest BCUT2D eigenvalue weighted by molar-refractivity contribution is 6.51. The number of ketones is 1. The second-order valence-electron chi connectivity index (χ2n) is 7.80. The van der Waals surface area contributed by atoms with Crippen LogP contribution >= 0.6 is 0 Å². The minimum absolute atomic E-state index is 0.192. The fourth-order valence-corrected chi connectivity index (χ4v) is 3.38. The minimum atomic E-state index is -0.371. The van der Waals surface area contributed by atoms with Crippen LogP contribution in [0, 0.1) is 0 Å². The van der Waals surface area contributed by atoms with Crippen LogP contribution < -0.4 is 4.74 Å². The molecular weight excluding hydrogens is 452 g/mol. The van der Waals surface area contributed by atoms with Gasteiger partial charge in [-0.15, -0.1) is 5.10 Å². The molecule has 0 spiro atoms. The average molecular weight is 477 g/mol. The third-order valence-corrected chi connectivity index (χ3v) is 5.32. The van der Waals surface area contributed by atoms with E-state index in [0.29, 0.717) is 29.0 Å². The molecule has 0 heterocycles. The van der Waals surface area contributed by atoms with Crippen molar-refractivity contribution in [3.05, 3.63) is 137 Å². The number of rotatable bonds is 9. The van der Waals surface area contributed by atoms with Crippen LogP contribution in [-0.4, -0.2) is 30.8 Å². The Hall–Kier alpha value is -4.84. The van der Waals surface area contributed by atoms with Gasteiger partial charge in [0.25, 0.3) is 0 Å². The zero-order chi connectivity index (χ0) is 25.2. The molecule has 4 rings (SSSR count). The number of nitrogens with zero attached hydrogens (tertiary/aromatic N) is 2. The maximum absolute atomic E-state index is 13.0. The summed E-state index contributed by atoms with van der Waals surface area (Å²) in [7, 11) is 1.35. The largest absolute Gasteiger partial charge is 0.489 e. The highest BCUT2D eigenvalue weighted by Gasteiger charge is 2.16. The summed E-state index contributed by atoms with van der Waals surface area (Å²) in [5, 5.41) is 8.44. The molecule has 0 radical (unpaired) electrons. The monoisotopic (exact) mass is 476 g/mol. The Morgan fingerprint density at radius 1 is 0.722 bits per heavy atom. The van der Waals surface area contributed by atoms with E-state index in [9.17, 15) is 9.59 Å². The lowest BCUT2D eigenvalue weighted by molar-refractivity contribution is 0.0600. The van der Waals surface area contributed by atoms with Crippen molar-refractivity contribution in [1.82, 2.24) is 0 Å². The van der Waals surface area contributed by atoms with Crippen molar-refractivity contribution >= 4 is 23.7 Å². The second kappa shape index (κ2) is 12.0. The Morgan fingerprint density at radius 3 is 1.94 bits per heavy atom. The van der Waals surface area contributed by atoms with Crippen LogP contribution in [0.15, 0.2) is 119 Å². The molecule has 0 aliphatic heterocycles. The van der Waals surface area contributed by atoms with Gasteiger partial charge in [0.2, 0.25) is 5.78 Å². The quantitative estimate of drug-likeness (QED) is 0.133. The summed E-state index contributed by atoms with van der Waals surface area (Å²) in [4.78, 5) is 24.6. The van der Waals surface area contributed by atoms with Crippen molar-refractivity contribution in [2.24, 2.45) is 10.2 Å². The molecule has 4 aromatic carbocycles. The topological polar surface area (TPSA) is 77.3 Å². The molecule has 0 aromatic heterocycles. The Labute approximate surface area is 209 Å². The standard InChI is InChI=1S/C30H24N2O4/c1-35-30(34)26-16-12-23(13-17-26)21-36-27-18-14-22(15-19-27)20-31-32-28(24-8-4-2-5-9-24)29(33)25-10-6-3-7-11-25/h2-20H,21H2,1H3/b31-20+,32-28+. The van der Waals surface area contributed by atoms with Gasteiger partial charge in [0.05, 0.1) is 18.9 Å². The van der Waals surface area contributed by atoms with E-state index in [1.54, 1.807) is 30.5 Å². The van der Waals surface area contributed by atoms with Gasteiger partial charge in [-0.25, -0.2) is 4.79 Å². The molecule has 0 saturated heterocycles. The van der Waals surface area contributed by atoms with E-state index in [4.69, 9.17) is 9.47 Å². The molecule has 6 nitrogen and oxygen atoms in total. The Morgan fingerprint density at radius 2 is 1.33 bits per heavy atom. The van der Waals surface area contributed by atoms with Gasteiger partial charge < -0.3 is 9.47 Å². The lowest BCUT2D eigenvalue weighted by atomic mass is 10.0. The first-order valence-electron chi connectivity index (χ1n) is 11.3. The maximum Gasteiger partial charge on any atom is 0.337 e. The molecule has 0 amide bonds. The van der Waals surface area contributed by atoms with Gasteiger partial charge in [-0.05, 0) is 47.5 Å². The van der Waals surface area contributed by atoms with Gasteiger partial charge in [-0.2, -0.15) is 5.10 Å². The van der Waals surface area contributed by atoms with Gasteiger partial charge in [0.1, 0.15) is 18.1 Å².